The molecule has 0 amide bonds. The van der Waals surface area contributed by atoms with Gasteiger partial charge < -0.3 is 0 Å². The zero-order valence-corrected chi connectivity index (χ0v) is 19.2. The van der Waals surface area contributed by atoms with Gasteiger partial charge in [-0.25, -0.2) is 0 Å². The van der Waals surface area contributed by atoms with E-state index in [1.165, 1.54) is 51.0 Å². The van der Waals surface area contributed by atoms with Crippen molar-refractivity contribution in [1.29, 1.82) is 0 Å². The van der Waals surface area contributed by atoms with Gasteiger partial charge in [0.1, 0.15) is 0 Å². The maximum Gasteiger partial charge on any atom is 0.0445 e. The lowest BCUT2D eigenvalue weighted by Gasteiger charge is -2.26. The van der Waals surface area contributed by atoms with Crippen LogP contribution in [0.5, 0.6) is 0 Å². The highest BCUT2D eigenvalue weighted by Gasteiger charge is 2.21. The van der Waals surface area contributed by atoms with Crippen LogP contribution in [0.15, 0.2) is 37.0 Å². The Kier molecular flexibility index (Phi) is 14.3. The minimum Gasteiger partial charge on any atom is -0.103 e. The van der Waals surface area contributed by atoms with E-state index in [1.807, 2.05) is 0 Å². The van der Waals surface area contributed by atoms with E-state index in [9.17, 15) is 0 Å². The first-order chi connectivity index (χ1) is 11.8. The van der Waals surface area contributed by atoms with Crippen LogP contribution in [0, 0.1) is 17.8 Å². The van der Waals surface area contributed by atoms with Crippen molar-refractivity contribution in [3.05, 3.63) is 37.0 Å². The molecular weight excluding hydrogens is 316 g/mol. The highest BCUT2D eigenvalue weighted by atomic mass is 28.3. The lowest BCUT2D eigenvalue weighted by molar-refractivity contribution is 0.465. The van der Waals surface area contributed by atoms with Gasteiger partial charge >= 0.3 is 0 Å². The molecule has 0 aromatic heterocycles. The molecule has 2 atom stereocenters. The van der Waals surface area contributed by atoms with Gasteiger partial charge in [0.2, 0.25) is 0 Å². The predicted molar refractivity (Wildman–Crippen MR) is 121 cm³/mol. The lowest BCUT2D eigenvalue weighted by atomic mass is 9.92. The molecule has 146 valence electrons. The molecule has 0 saturated heterocycles. The quantitative estimate of drug-likeness (QED) is 0.118. The van der Waals surface area contributed by atoms with Crippen LogP contribution < -0.4 is 0 Å². The Balaban J connectivity index is 3.96. The molecule has 0 aromatic carbocycles. The molecular formula is C24H46Si. The molecule has 0 aliphatic rings. The third kappa shape index (κ3) is 16.6. The molecule has 0 aliphatic heterocycles. The second-order valence-electron chi connectivity index (χ2n) is 9.48. The second kappa shape index (κ2) is 14.6. The summed E-state index contributed by atoms with van der Waals surface area (Å²) >= 11 is 0. The van der Waals surface area contributed by atoms with Crippen molar-refractivity contribution in [2.24, 2.45) is 17.8 Å². The summed E-state index contributed by atoms with van der Waals surface area (Å²) in [6, 6.07) is 1.40. The van der Waals surface area contributed by atoms with Crippen molar-refractivity contribution in [3.63, 3.8) is 0 Å². The predicted octanol–water partition coefficient (Wildman–Crippen LogP) is 8.65. The number of rotatable bonds is 15. The van der Waals surface area contributed by atoms with E-state index in [0.717, 1.165) is 18.3 Å². The van der Waals surface area contributed by atoms with Gasteiger partial charge in [0, 0.05) is 8.07 Å². The summed E-state index contributed by atoms with van der Waals surface area (Å²) in [6.07, 6.45) is 22.1. The van der Waals surface area contributed by atoms with Gasteiger partial charge in [0.05, 0.1) is 0 Å². The van der Waals surface area contributed by atoms with Crippen molar-refractivity contribution in [1.82, 2.24) is 0 Å². The van der Waals surface area contributed by atoms with E-state index < -0.39 is 8.07 Å². The van der Waals surface area contributed by atoms with Crippen LogP contribution in [0.25, 0.3) is 0 Å². The molecule has 25 heavy (non-hydrogen) atoms. The smallest absolute Gasteiger partial charge is 0.0445 e. The molecule has 0 N–H and O–H groups in total. The van der Waals surface area contributed by atoms with E-state index in [0.29, 0.717) is 5.92 Å². The first-order valence-electron chi connectivity index (χ1n) is 10.7. The summed E-state index contributed by atoms with van der Waals surface area (Å²) in [4.78, 5) is 0. The van der Waals surface area contributed by atoms with Gasteiger partial charge in [0.25, 0.3) is 0 Å². The highest BCUT2D eigenvalue weighted by Crippen LogP contribution is 2.27. The van der Waals surface area contributed by atoms with E-state index >= 15 is 0 Å². The molecule has 0 saturated carbocycles. The van der Waals surface area contributed by atoms with Crippen LogP contribution in [-0.4, -0.2) is 8.07 Å². The van der Waals surface area contributed by atoms with Crippen LogP contribution in [0.3, 0.4) is 0 Å². The summed E-state index contributed by atoms with van der Waals surface area (Å²) in [6.45, 7) is 18.4. The van der Waals surface area contributed by atoms with Crippen LogP contribution in [0.2, 0.25) is 25.7 Å². The van der Waals surface area contributed by atoms with Gasteiger partial charge in [-0.3, -0.25) is 0 Å². The number of hydrogen-bond acceptors (Lipinski definition) is 0. The van der Waals surface area contributed by atoms with Crippen molar-refractivity contribution >= 4 is 8.07 Å². The molecule has 0 heterocycles. The Labute approximate surface area is 160 Å². The van der Waals surface area contributed by atoms with Crippen LogP contribution in [0.1, 0.15) is 72.1 Å². The molecule has 0 aliphatic carbocycles. The largest absolute Gasteiger partial charge is 0.103 e. The first-order valence-corrected chi connectivity index (χ1v) is 14.4. The number of unbranched alkanes of at least 4 members (excludes halogenated alkanes) is 5. The standard InChI is InChI=1S/C24H46Si/c1-8-18-24(23(4)21-25(5,6)7)20-17-15-13-11-9-10-12-14-16-19-22(2)3/h8,13,15,17,20,22-24H,1,9-12,14,16,18-19,21H2,2-7H3/b15-13+,20-17+. The average molecular weight is 363 g/mol. The minimum absolute atomic E-state index is 0.648. The number of hydrogen-bond donors (Lipinski definition) is 0. The van der Waals surface area contributed by atoms with Crippen LogP contribution >= 0.6 is 0 Å². The van der Waals surface area contributed by atoms with Gasteiger partial charge in [-0.05, 0) is 37.0 Å². The SMILES string of the molecule is C=CCC(/C=C/C=C/CCCCCCCC(C)C)C(C)C[Si](C)(C)C. The van der Waals surface area contributed by atoms with Crippen LogP contribution in [-0.2, 0) is 0 Å². The number of allylic oxidation sites excluding steroid dienone is 5. The Morgan fingerprint density at radius 3 is 2.12 bits per heavy atom. The van der Waals surface area contributed by atoms with E-state index in [2.05, 4.69) is 77.4 Å². The third-order valence-electron chi connectivity index (χ3n) is 4.86. The molecule has 0 nitrogen and oxygen atoms in total. The molecule has 0 rings (SSSR count). The summed E-state index contributed by atoms with van der Waals surface area (Å²) < 4.78 is 0. The molecule has 0 fully saturated rings. The topological polar surface area (TPSA) is 0 Å². The fourth-order valence-corrected chi connectivity index (χ4v) is 5.77. The van der Waals surface area contributed by atoms with Crippen molar-refractivity contribution in [3.8, 4) is 0 Å². The summed E-state index contributed by atoms with van der Waals surface area (Å²) in [5.41, 5.74) is 0. The molecule has 2 unspecified atom stereocenters. The van der Waals surface area contributed by atoms with E-state index in [4.69, 9.17) is 0 Å². The molecule has 1 heteroatoms. The fourth-order valence-electron chi connectivity index (χ4n) is 3.54. The Morgan fingerprint density at radius 2 is 1.52 bits per heavy atom. The molecule has 0 radical (unpaired) electrons. The molecule has 0 spiro atoms. The van der Waals surface area contributed by atoms with Gasteiger partial charge in [-0.1, -0.05) is 109 Å². The van der Waals surface area contributed by atoms with Gasteiger partial charge in [-0.2, -0.15) is 0 Å². The fraction of sp³-hybridized carbons (Fsp3) is 0.750. The van der Waals surface area contributed by atoms with Gasteiger partial charge in [-0.15, -0.1) is 6.58 Å². The molecule has 0 bridgehead atoms. The van der Waals surface area contributed by atoms with E-state index in [1.54, 1.807) is 0 Å². The first kappa shape index (κ1) is 24.4. The second-order valence-corrected chi connectivity index (χ2v) is 15.0. The zero-order chi connectivity index (χ0) is 19.1. The summed E-state index contributed by atoms with van der Waals surface area (Å²) in [7, 11) is -0.984. The maximum atomic E-state index is 3.95. The van der Waals surface area contributed by atoms with Crippen molar-refractivity contribution < 1.29 is 0 Å². The zero-order valence-electron chi connectivity index (χ0n) is 18.2. The summed E-state index contributed by atoms with van der Waals surface area (Å²) in [5.74, 6) is 2.28. The Bertz CT molecular complexity index is 370. The average Bonchev–Trinajstić information content (AvgIpc) is 2.49. The highest BCUT2D eigenvalue weighted by molar-refractivity contribution is 6.76. The van der Waals surface area contributed by atoms with Crippen molar-refractivity contribution in [2.45, 2.75) is 97.8 Å². The minimum atomic E-state index is -0.984. The van der Waals surface area contributed by atoms with Crippen molar-refractivity contribution in [2.75, 3.05) is 0 Å². The normalized spacial score (nSPS) is 15.3. The van der Waals surface area contributed by atoms with E-state index in [-0.39, 0.29) is 0 Å². The van der Waals surface area contributed by atoms with Crippen LogP contribution in [0.4, 0.5) is 0 Å². The molecule has 0 aromatic rings. The monoisotopic (exact) mass is 362 g/mol. The third-order valence-corrected chi connectivity index (χ3v) is 6.73. The maximum absolute atomic E-state index is 3.95. The van der Waals surface area contributed by atoms with Gasteiger partial charge in [0.15, 0.2) is 0 Å². The Hall–Kier alpha value is -0.563. The summed E-state index contributed by atoms with van der Waals surface area (Å²) in [5, 5.41) is 0. The Morgan fingerprint density at radius 1 is 0.880 bits per heavy atom. The lowest BCUT2D eigenvalue weighted by Crippen LogP contribution is -2.25.